The fraction of sp³-hybridized carbons (Fsp3) is 0.368. The minimum absolute atomic E-state index is 0.113. The molecule has 0 unspecified atom stereocenters. The first-order valence-corrected chi connectivity index (χ1v) is 8.58. The quantitative estimate of drug-likeness (QED) is 0.655. The topological polar surface area (TPSA) is 30.7 Å². The molecule has 2 heterocycles. The van der Waals surface area contributed by atoms with Gasteiger partial charge in [0.15, 0.2) is 5.65 Å². The summed E-state index contributed by atoms with van der Waals surface area (Å²) in [6.07, 6.45) is -0.806. The van der Waals surface area contributed by atoms with E-state index in [0.717, 1.165) is 31.4 Å². The van der Waals surface area contributed by atoms with Gasteiger partial charge in [0.2, 0.25) is 0 Å². The lowest BCUT2D eigenvalue weighted by Gasteiger charge is -2.11. The molecule has 25 heavy (non-hydrogen) atoms. The van der Waals surface area contributed by atoms with Crippen LogP contribution in [0.25, 0.3) is 16.7 Å². The zero-order chi connectivity index (χ0) is 17.2. The molecule has 2 aliphatic rings. The van der Waals surface area contributed by atoms with Crippen molar-refractivity contribution in [1.82, 2.24) is 14.8 Å². The van der Waals surface area contributed by atoms with Crippen LogP contribution < -0.4 is 0 Å². The number of aromatic nitrogens is 3. The molecule has 3 nitrogen and oxygen atoms in total. The van der Waals surface area contributed by atoms with Gasteiger partial charge in [0.25, 0.3) is 0 Å². The van der Waals surface area contributed by atoms with Crippen LogP contribution in [0.2, 0.25) is 0 Å². The number of para-hydroxylation sites is 1. The van der Waals surface area contributed by atoms with E-state index in [1.807, 2.05) is 30.3 Å². The second kappa shape index (κ2) is 5.07. The van der Waals surface area contributed by atoms with Crippen molar-refractivity contribution in [2.45, 2.75) is 43.7 Å². The number of alkyl halides is 3. The monoisotopic (exact) mass is 343 g/mol. The van der Waals surface area contributed by atoms with Crippen LogP contribution in [-0.4, -0.2) is 14.8 Å². The Bertz CT molecular complexity index is 951. The van der Waals surface area contributed by atoms with Crippen molar-refractivity contribution in [2.75, 3.05) is 0 Å². The van der Waals surface area contributed by atoms with Crippen LogP contribution in [0.1, 0.15) is 54.5 Å². The van der Waals surface area contributed by atoms with Crippen molar-refractivity contribution in [1.29, 1.82) is 0 Å². The summed E-state index contributed by atoms with van der Waals surface area (Å²) in [5.74, 6) is 0.260. The fourth-order valence-corrected chi connectivity index (χ4v) is 3.37. The maximum atomic E-state index is 13.8. The smallest absolute Gasteiger partial charge is 0.233 e. The number of rotatable bonds is 3. The molecule has 128 valence electrons. The third kappa shape index (κ3) is 2.51. The first-order valence-electron chi connectivity index (χ1n) is 8.58. The first-order chi connectivity index (χ1) is 12.0. The lowest BCUT2D eigenvalue weighted by molar-refractivity contribution is -0.136. The van der Waals surface area contributed by atoms with E-state index >= 15 is 0 Å². The van der Waals surface area contributed by atoms with E-state index in [1.165, 1.54) is 6.07 Å². The molecule has 0 amide bonds. The molecule has 2 aromatic heterocycles. The van der Waals surface area contributed by atoms with E-state index in [2.05, 4.69) is 10.1 Å². The van der Waals surface area contributed by atoms with Gasteiger partial charge in [0.1, 0.15) is 0 Å². The second-order valence-corrected chi connectivity index (χ2v) is 6.97. The van der Waals surface area contributed by atoms with Crippen LogP contribution >= 0.6 is 0 Å². The van der Waals surface area contributed by atoms with Crippen LogP contribution in [0.4, 0.5) is 13.2 Å². The van der Waals surface area contributed by atoms with Gasteiger partial charge >= 0.3 is 6.18 Å². The van der Waals surface area contributed by atoms with E-state index in [-0.39, 0.29) is 17.2 Å². The third-order valence-corrected chi connectivity index (χ3v) is 4.95. The molecule has 1 aromatic carbocycles. The van der Waals surface area contributed by atoms with Crippen LogP contribution in [0, 0.1) is 0 Å². The predicted molar refractivity (Wildman–Crippen MR) is 87.8 cm³/mol. The molecule has 6 heteroatoms. The highest BCUT2D eigenvalue weighted by Gasteiger charge is 2.40. The van der Waals surface area contributed by atoms with Gasteiger partial charge in [-0.3, -0.25) is 0 Å². The number of nitrogens with zero attached hydrogens (tertiary/aromatic N) is 3. The Morgan fingerprint density at radius 1 is 0.960 bits per heavy atom. The third-order valence-electron chi connectivity index (χ3n) is 4.95. The van der Waals surface area contributed by atoms with Gasteiger partial charge < -0.3 is 0 Å². The van der Waals surface area contributed by atoms with Gasteiger partial charge in [-0.1, -0.05) is 18.2 Å². The number of benzene rings is 1. The second-order valence-electron chi connectivity index (χ2n) is 6.97. The number of halogens is 3. The number of hydrogen-bond donors (Lipinski definition) is 0. The van der Waals surface area contributed by atoms with Gasteiger partial charge in [0.05, 0.1) is 22.3 Å². The van der Waals surface area contributed by atoms with E-state index in [1.54, 1.807) is 4.68 Å². The molecular formula is C19H16F3N3. The Morgan fingerprint density at radius 3 is 2.24 bits per heavy atom. The maximum absolute atomic E-state index is 13.8. The van der Waals surface area contributed by atoms with Crippen LogP contribution in [0.15, 0.2) is 36.4 Å². The summed E-state index contributed by atoms with van der Waals surface area (Å²) in [7, 11) is 0. The zero-order valence-corrected chi connectivity index (χ0v) is 13.4. The number of hydrogen-bond acceptors (Lipinski definition) is 2. The van der Waals surface area contributed by atoms with Gasteiger partial charge in [0, 0.05) is 17.5 Å². The van der Waals surface area contributed by atoms with Crippen molar-refractivity contribution >= 4 is 11.0 Å². The Kier molecular flexibility index (Phi) is 3.03. The predicted octanol–water partition coefficient (Wildman–Crippen LogP) is 5.19. The molecule has 0 aliphatic heterocycles. The van der Waals surface area contributed by atoms with Gasteiger partial charge in [-0.25, -0.2) is 9.67 Å². The molecule has 5 rings (SSSR count). The number of fused-ring (bicyclic) bond motifs is 1. The molecule has 0 saturated heterocycles. The van der Waals surface area contributed by atoms with E-state index in [0.29, 0.717) is 17.0 Å². The Labute approximate surface area is 142 Å². The van der Waals surface area contributed by atoms with Crippen molar-refractivity contribution in [3.8, 4) is 5.69 Å². The summed E-state index contributed by atoms with van der Waals surface area (Å²) in [4.78, 5) is 4.62. The zero-order valence-electron chi connectivity index (χ0n) is 13.4. The Hall–Kier alpha value is -2.37. The van der Waals surface area contributed by atoms with Gasteiger partial charge in [-0.05, 0) is 43.9 Å². The van der Waals surface area contributed by atoms with E-state index in [4.69, 9.17) is 0 Å². The molecule has 0 bridgehead atoms. The molecule has 0 spiro atoms. The molecule has 2 fully saturated rings. The van der Waals surface area contributed by atoms with Crippen LogP contribution in [-0.2, 0) is 6.18 Å². The van der Waals surface area contributed by atoms with E-state index in [9.17, 15) is 13.2 Å². The molecule has 3 aromatic rings. The fourth-order valence-electron chi connectivity index (χ4n) is 3.37. The normalized spacial score (nSPS) is 18.0. The Balaban J connectivity index is 1.85. The summed E-state index contributed by atoms with van der Waals surface area (Å²) < 4.78 is 43.0. The van der Waals surface area contributed by atoms with Gasteiger partial charge in [-0.15, -0.1) is 0 Å². The molecule has 0 atom stereocenters. The van der Waals surface area contributed by atoms with E-state index < -0.39 is 11.7 Å². The molecule has 2 saturated carbocycles. The molecule has 0 radical (unpaired) electrons. The standard InChI is InChI=1S/C19H16F3N3/c20-19(21,22)14-10-15(11-6-7-11)23-18-16(14)17(12-8-9-12)24-25(18)13-4-2-1-3-5-13/h1-5,10-12H,6-9H2. The maximum Gasteiger partial charge on any atom is 0.417 e. The molecular weight excluding hydrogens is 327 g/mol. The highest BCUT2D eigenvalue weighted by Crippen LogP contribution is 2.48. The Morgan fingerprint density at radius 2 is 1.64 bits per heavy atom. The number of pyridine rings is 1. The average Bonchev–Trinajstić information content (AvgIpc) is 3.50. The summed E-state index contributed by atoms with van der Waals surface area (Å²) >= 11 is 0. The highest BCUT2D eigenvalue weighted by molar-refractivity contribution is 5.85. The average molecular weight is 343 g/mol. The van der Waals surface area contributed by atoms with Crippen molar-refractivity contribution < 1.29 is 13.2 Å². The van der Waals surface area contributed by atoms with Gasteiger partial charge in [-0.2, -0.15) is 18.3 Å². The van der Waals surface area contributed by atoms with Crippen LogP contribution in [0.5, 0.6) is 0 Å². The summed E-state index contributed by atoms with van der Waals surface area (Å²) in [5, 5.41) is 4.75. The SMILES string of the molecule is FC(F)(F)c1cc(C2CC2)nc2c1c(C1CC1)nn2-c1ccccc1. The highest BCUT2D eigenvalue weighted by atomic mass is 19.4. The molecule has 0 N–H and O–H groups in total. The van der Waals surface area contributed by atoms with Crippen molar-refractivity contribution in [3.05, 3.63) is 53.3 Å². The summed E-state index contributed by atoms with van der Waals surface area (Å²) in [5.41, 5.74) is 1.58. The lowest BCUT2D eigenvalue weighted by Crippen LogP contribution is -2.09. The largest absolute Gasteiger partial charge is 0.417 e. The summed E-state index contributed by atoms with van der Waals surface area (Å²) in [6.45, 7) is 0. The lowest BCUT2D eigenvalue weighted by atomic mass is 10.1. The van der Waals surface area contributed by atoms with Crippen molar-refractivity contribution in [2.24, 2.45) is 0 Å². The minimum Gasteiger partial charge on any atom is -0.233 e. The molecule has 2 aliphatic carbocycles. The summed E-state index contributed by atoms with van der Waals surface area (Å²) in [6, 6.07) is 10.5. The first kappa shape index (κ1) is 14.9. The van der Waals surface area contributed by atoms with Crippen LogP contribution in [0.3, 0.4) is 0 Å². The minimum atomic E-state index is -4.40. The van der Waals surface area contributed by atoms with Crippen molar-refractivity contribution in [3.63, 3.8) is 0 Å².